The zero-order valence-electron chi connectivity index (χ0n) is 11.7. The van der Waals surface area contributed by atoms with Crippen molar-refractivity contribution in [3.8, 4) is 0 Å². The lowest BCUT2D eigenvalue weighted by molar-refractivity contribution is 0.404. The molecule has 102 valence electrons. The van der Waals surface area contributed by atoms with Crippen molar-refractivity contribution < 1.29 is 4.42 Å². The molecule has 0 bridgehead atoms. The summed E-state index contributed by atoms with van der Waals surface area (Å²) in [6.45, 7) is 3.02. The molecule has 3 rings (SSSR count). The highest BCUT2D eigenvalue weighted by Gasteiger charge is 2.11. The van der Waals surface area contributed by atoms with Crippen LogP contribution >= 0.6 is 0 Å². The summed E-state index contributed by atoms with van der Waals surface area (Å²) >= 11 is 0. The van der Waals surface area contributed by atoms with Crippen LogP contribution in [0.2, 0.25) is 0 Å². The van der Waals surface area contributed by atoms with Crippen LogP contribution in [-0.4, -0.2) is 0 Å². The Hall–Kier alpha value is -2.06. The Morgan fingerprint density at radius 1 is 1.00 bits per heavy atom. The second-order valence-electron chi connectivity index (χ2n) is 5.00. The van der Waals surface area contributed by atoms with Gasteiger partial charge in [0.15, 0.2) is 0 Å². The van der Waals surface area contributed by atoms with Gasteiger partial charge < -0.3 is 9.73 Å². The Kier molecular flexibility index (Phi) is 3.84. The normalized spacial score (nSPS) is 12.7. The van der Waals surface area contributed by atoms with Crippen molar-refractivity contribution >= 4 is 10.8 Å². The van der Waals surface area contributed by atoms with E-state index in [1.54, 1.807) is 6.26 Å². The van der Waals surface area contributed by atoms with Crippen LogP contribution in [0.3, 0.4) is 0 Å². The van der Waals surface area contributed by atoms with Gasteiger partial charge in [-0.3, -0.25) is 0 Å². The number of hydrogen-bond acceptors (Lipinski definition) is 2. The topological polar surface area (TPSA) is 25.2 Å². The number of furan rings is 1. The van der Waals surface area contributed by atoms with E-state index in [-0.39, 0.29) is 6.04 Å². The van der Waals surface area contributed by atoms with Crippen LogP contribution < -0.4 is 5.32 Å². The molecule has 0 aliphatic heterocycles. The molecular formula is C18H19NO. The van der Waals surface area contributed by atoms with Crippen molar-refractivity contribution in [3.05, 3.63) is 72.2 Å². The summed E-state index contributed by atoms with van der Waals surface area (Å²) in [5.74, 6) is 1.01. The first-order chi connectivity index (χ1) is 9.88. The van der Waals surface area contributed by atoms with E-state index in [0.717, 1.165) is 18.7 Å². The first-order valence-electron chi connectivity index (χ1n) is 7.12. The minimum absolute atomic E-state index is 0.268. The van der Waals surface area contributed by atoms with Gasteiger partial charge in [-0.2, -0.15) is 0 Å². The zero-order valence-corrected chi connectivity index (χ0v) is 11.7. The van der Waals surface area contributed by atoms with Crippen molar-refractivity contribution in [2.45, 2.75) is 25.9 Å². The Morgan fingerprint density at radius 3 is 2.65 bits per heavy atom. The predicted molar refractivity (Wildman–Crippen MR) is 82.5 cm³/mol. The fourth-order valence-electron chi connectivity index (χ4n) is 2.62. The Morgan fingerprint density at radius 2 is 1.85 bits per heavy atom. The minimum Gasteiger partial charge on any atom is -0.468 e. The van der Waals surface area contributed by atoms with Crippen molar-refractivity contribution in [2.24, 2.45) is 0 Å². The lowest BCUT2D eigenvalue weighted by Crippen LogP contribution is -2.19. The predicted octanol–water partition coefficient (Wildman–Crippen LogP) is 4.67. The van der Waals surface area contributed by atoms with E-state index in [4.69, 9.17) is 4.42 Å². The molecule has 0 amide bonds. The number of hydrogen-bond donors (Lipinski definition) is 1. The summed E-state index contributed by atoms with van der Waals surface area (Å²) in [6, 6.07) is 19.2. The van der Waals surface area contributed by atoms with Crippen molar-refractivity contribution in [2.75, 3.05) is 0 Å². The Balaban J connectivity index is 1.80. The molecule has 2 aromatic carbocycles. The molecule has 20 heavy (non-hydrogen) atoms. The van der Waals surface area contributed by atoms with Crippen molar-refractivity contribution in [1.29, 1.82) is 0 Å². The summed E-state index contributed by atoms with van der Waals surface area (Å²) in [7, 11) is 0. The van der Waals surface area contributed by atoms with Gasteiger partial charge in [-0.1, -0.05) is 49.4 Å². The monoisotopic (exact) mass is 265 g/mol. The average molecular weight is 265 g/mol. The van der Waals surface area contributed by atoms with Gasteiger partial charge in [0.2, 0.25) is 0 Å². The van der Waals surface area contributed by atoms with Gasteiger partial charge in [0.25, 0.3) is 0 Å². The van der Waals surface area contributed by atoms with Crippen molar-refractivity contribution in [1.82, 2.24) is 5.32 Å². The molecule has 1 atom stereocenters. The minimum atomic E-state index is 0.268. The molecule has 0 spiro atoms. The third kappa shape index (κ3) is 2.61. The number of nitrogens with one attached hydrogen (secondary N) is 1. The molecule has 0 saturated heterocycles. The van der Waals surface area contributed by atoms with Gasteiger partial charge in [-0.15, -0.1) is 0 Å². The van der Waals surface area contributed by atoms with Gasteiger partial charge >= 0.3 is 0 Å². The highest BCUT2D eigenvalue weighted by Crippen LogP contribution is 2.21. The van der Waals surface area contributed by atoms with Gasteiger partial charge in [0.1, 0.15) is 5.76 Å². The fraction of sp³-hybridized carbons (Fsp3) is 0.222. The van der Waals surface area contributed by atoms with E-state index >= 15 is 0 Å². The van der Waals surface area contributed by atoms with Gasteiger partial charge in [-0.25, -0.2) is 0 Å². The zero-order chi connectivity index (χ0) is 13.8. The number of benzene rings is 2. The second-order valence-corrected chi connectivity index (χ2v) is 5.00. The third-order valence-electron chi connectivity index (χ3n) is 3.71. The molecule has 0 fully saturated rings. The summed E-state index contributed by atoms with van der Waals surface area (Å²) in [5.41, 5.74) is 1.33. The molecule has 1 heterocycles. The molecule has 2 heteroatoms. The van der Waals surface area contributed by atoms with Gasteiger partial charge in [0, 0.05) is 6.54 Å². The van der Waals surface area contributed by atoms with E-state index in [1.165, 1.54) is 16.3 Å². The van der Waals surface area contributed by atoms with Crippen molar-refractivity contribution in [3.63, 3.8) is 0 Å². The lowest BCUT2D eigenvalue weighted by atomic mass is 10.0. The Labute approximate surface area is 119 Å². The van der Waals surface area contributed by atoms with E-state index in [2.05, 4.69) is 54.7 Å². The summed E-state index contributed by atoms with van der Waals surface area (Å²) in [6.07, 6.45) is 2.75. The van der Waals surface area contributed by atoms with E-state index in [1.807, 2.05) is 12.1 Å². The maximum atomic E-state index is 5.50. The van der Waals surface area contributed by atoms with E-state index < -0.39 is 0 Å². The molecule has 1 N–H and O–H groups in total. The molecule has 1 aromatic heterocycles. The average Bonchev–Trinajstić information content (AvgIpc) is 3.02. The number of rotatable bonds is 5. The molecule has 0 aliphatic rings. The van der Waals surface area contributed by atoms with Crippen LogP contribution in [0.5, 0.6) is 0 Å². The quantitative estimate of drug-likeness (QED) is 0.725. The first-order valence-corrected chi connectivity index (χ1v) is 7.12. The molecule has 0 aliphatic carbocycles. The fourth-order valence-corrected chi connectivity index (χ4v) is 2.62. The summed E-state index contributed by atoms with van der Waals surface area (Å²) in [4.78, 5) is 0. The number of fused-ring (bicyclic) bond motifs is 1. The first kappa shape index (κ1) is 12.9. The largest absolute Gasteiger partial charge is 0.468 e. The van der Waals surface area contributed by atoms with E-state index in [9.17, 15) is 0 Å². The van der Waals surface area contributed by atoms with E-state index in [0.29, 0.717) is 0 Å². The molecular weight excluding hydrogens is 246 g/mol. The third-order valence-corrected chi connectivity index (χ3v) is 3.71. The standard InChI is InChI=1S/C18H19NO/c1-2-17(18-11-6-12-20-18)19-13-15-9-5-8-14-7-3-4-10-16(14)15/h3-12,17,19H,2,13H2,1H3. The Bertz CT molecular complexity index is 667. The maximum Gasteiger partial charge on any atom is 0.120 e. The van der Waals surface area contributed by atoms with Gasteiger partial charge in [-0.05, 0) is 34.9 Å². The van der Waals surface area contributed by atoms with Gasteiger partial charge in [0.05, 0.1) is 12.3 Å². The van der Waals surface area contributed by atoms with Crippen LogP contribution in [0.25, 0.3) is 10.8 Å². The molecule has 2 nitrogen and oxygen atoms in total. The second kappa shape index (κ2) is 5.93. The summed E-state index contributed by atoms with van der Waals surface area (Å²) < 4.78 is 5.50. The highest BCUT2D eigenvalue weighted by molar-refractivity contribution is 5.85. The SMILES string of the molecule is CCC(NCc1cccc2ccccc12)c1ccco1. The molecule has 0 saturated carbocycles. The highest BCUT2D eigenvalue weighted by atomic mass is 16.3. The van der Waals surface area contributed by atoms with Crippen LogP contribution in [-0.2, 0) is 6.54 Å². The smallest absolute Gasteiger partial charge is 0.120 e. The van der Waals surface area contributed by atoms with Crippen LogP contribution in [0.1, 0.15) is 30.7 Å². The molecule has 0 radical (unpaired) electrons. The lowest BCUT2D eigenvalue weighted by Gasteiger charge is -2.15. The van der Waals surface area contributed by atoms with Crippen LogP contribution in [0.4, 0.5) is 0 Å². The van der Waals surface area contributed by atoms with Crippen LogP contribution in [0.15, 0.2) is 65.3 Å². The summed E-state index contributed by atoms with van der Waals surface area (Å²) in [5, 5.41) is 6.19. The maximum absolute atomic E-state index is 5.50. The molecule has 3 aromatic rings. The van der Waals surface area contributed by atoms with Crippen LogP contribution in [0, 0.1) is 0 Å². The molecule has 1 unspecified atom stereocenters.